The van der Waals surface area contributed by atoms with Crippen molar-refractivity contribution in [3.8, 4) is 0 Å². The minimum atomic E-state index is -4.70. The van der Waals surface area contributed by atoms with E-state index in [-0.39, 0.29) is 0 Å². The third kappa shape index (κ3) is 2.91. The number of benzene rings is 1. The monoisotopic (exact) mass is 239 g/mol. The topological polar surface area (TPSA) is 29.1 Å². The molecule has 0 aliphatic carbocycles. The summed E-state index contributed by atoms with van der Waals surface area (Å²) in [7, 11) is 0. The van der Waals surface area contributed by atoms with Crippen LogP contribution in [0.15, 0.2) is 24.3 Å². The van der Waals surface area contributed by atoms with Gasteiger partial charge in [-0.25, -0.2) is 0 Å². The van der Waals surface area contributed by atoms with Gasteiger partial charge in [-0.2, -0.15) is 22.0 Å². The van der Waals surface area contributed by atoms with Crippen molar-refractivity contribution in [2.75, 3.05) is 5.32 Å². The largest absolute Gasteiger partial charge is 0.418 e. The molecular weight excluding hydrogens is 233 g/mol. The molecule has 0 unspecified atom stereocenters. The Labute approximate surface area is 87.1 Å². The number of nitrogens with one attached hydrogen (secondary N) is 1. The maximum absolute atomic E-state index is 12.4. The molecule has 0 radical (unpaired) electrons. The molecule has 0 aliphatic heterocycles. The molecule has 1 N–H and O–H groups in total. The van der Waals surface area contributed by atoms with Gasteiger partial charge in [0.25, 0.3) is 5.91 Å². The summed E-state index contributed by atoms with van der Waals surface area (Å²) in [6.07, 6.45) is -8.06. The van der Waals surface area contributed by atoms with Gasteiger partial charge in [0.15, 0.2) is 0 Å². The molecule has 1 aromatic carbocycles. The third-order valence-corrected chi connectivity index (χ3v) is 1.69. The molecule has 0 aliphatic rings. The van der Waals surface area contributed by atoms with Crippen molar-refractivity contribution in [3.63, 3.8) is 0 Å². The average molecular weight is 239 g/mol. The number of alkyl halides is 5. The summed E-state index contributed by atoms with van der Waals surface area (Å²) in [5, 5.41) is 1.51. The third-order valence-electron chi connectivity index (χ3n) is 1.69. The zero-order valence-electron chi connectivity index (χ0n) is 7.68. The van der Waals surface area contributed by atoms with Crippen LogP contribution in [0.3, 0.4) is 0 Å². The highest BCUT2D eigenvalue weighted by Crippen LogP contribution is 2.34. The second-order valence-electron chi connectivity index (χ2n) is 2.83. The first kappa shape index (κ1) is 12.4. The number of hydrogen-bond donors (Lipinski definition) is 1. The Morgan fingerprint density at radius 1 is 1.19 bits per heavy atom. The van der Waals surface area contributed by atoms with Crippen LogP contribution in [0, 0.1) is 0 Å². The Balaban J connectivity index is 3.01. The molecule has 0 atom stereocenters. The van der Waals surface area contributed by atoms with Crippen molar-refractivity contribution in [3.05, 3.63) is 29.8 Å². The van der Waals surface area contributed by atoms with Crippen LogP contribution in [0.25, 0.3) is 0 Å². The van der Waals surface area contributed by atoms with Crippen LogP contribution in [0.1, 0.15) is 5.56 Å². The summed E-state index contributed by atoms with van der Waals surface area (Å²) >= 11 is 0. The van der Waals surface area contributed by atoms with Gasteiger partial charge in [0, 0.05) is 0 Å². The number of rotatable bonds is 2. The highest BCUT2D eigenvalue weighted by atomic mass is 19.4. The Hall–Kier alpha value is -1.66. The first-order valence-electron chi connectivity index (χ1n) is 4.07. The second kappa shape index (κ2) is 4.46. The van der Waals surface area contributed by atoms with E-state index < -0.39 is 29.8 Å². The molecule has 2 nitrogen and oxygen atoms in total. The van der Waals surface area contributed by atoms with E-state index in [4.69, 9.17) is 0 Å². The van der Waals surface area contributed by atoms with E-state index in [1.807, 2.05) is 0 Å². The van der Waals surface area contributed by atoms with Crippen molar-refractivity contribution in [2.45, 2.75) is 12.6 Å². The summed E-state index contributed by atoms with van der Waals surface area (Å²) in [5.41, 5.74) is -1.84. The fourth-order valence-corrected chi connectivity index (χ4v) is 1.03. The van der Waals surface area contributed by atoms with E-state index in [1.165, 1.54) is 11.4 Å². The van der Waals surface area contributed by atoms with E-state index in [0.717, 1.165) is 12.1 Å². The lowest BCUT2D eigenvalue weighted by atomic mass is 10.1. The smallest absolute Gasteiger partial charge is 0.321 e. The predicted molar refractivity (Wildman–Crippen MR) is 46.1 cm³/mol. The van der Waals surface area contributed by atoms with Gasteiger partial charge in [-0.05, 0) is 12.1 Å². The number of carbonyl (C=O) groups is 1. The summed E-state index contributed by atoms with van der Waals surface area (Å²) in [6.45, 7) is 0. The van der Waals surface area contributed by atoms with E-state index in [1.54, 1.807) is 0 Å². The zero-order chi connectivity index (χ0) is 12.3. The molecule has 1 amide bonds. The quantitative estimate of drug-likeness (QED) is 0.790. The van der Waals surface area contributed by atoms with Crippen LogP contribution in [-0.2, 0) is 11.0 Å². The molecule has 0 heterocycles. The van der Waals surface area contributed by atoms with Crippen molar-refractivity contribution >= 4 is 11.6 Å². The van der Waals surface area contributed by atoms with Crippen LogP contribution in [0.5, 0.6) is 0 Å². The molecule has 1 aromatic rings. The Morgan fingerprint density at radius 3 is 2.25 bits per heavy atom. The lowest BCUT2D eigenvalue weighted by molar-refractivity contribution is -0.137. The predicted octanol–water partition coefficient (Wildman–Crippen LogP) is 2.91. The number of carbonyl (C=O) groups excluding carboxylic acids is 1. The van der Waals surface area contributed by atoms with Gasteiger partial charge in [-0.15, -0.1) is 0 Å². The van der Waals surface area contributed by atoms with Crippen LogP contribution >= 0.6 is 0 Å². The first-order chi connectivity index (χ1) is 7.32. The van der Waals surface area contributed by atoms with Crippen LogP contribution in [0.2, 0.25) is 0 Å². The molecule has 1 rings (SSSR count). The van der Waals surface area contributed by atoms with Gasteiger partial charge in [0.05, 0.1) is 11.3 Å². The summed E-state index contributed by atoms with van der Waals surface area (Å²) in [5.74, 6) is -1.77. The lowest BCUT2D eigenvalue weighted by Gasteiger charge is -2.12. The molecule has 0 spiro atoms. The maximum atomic E-state index is 12.4. The lowest BCUT2D eigenvalue weighted by Crippen LogP contribution is -2.22. The van der Waals surface area contributed by atoms with Crippen LogP contribution in [0.4, 0.5) is 27.6 Å². The molecular formula is C9H6F5NO. The van der Waals surface area contributed by atoms with Crippen molar-refractivity contribution < 1.29 is 26.7 Å². The second-order valence-corrected chi connectivity index (χ2v) is 2.83. The molecule has 7 heteroatoms. The van der Waals surface area contributed by atoms with Crippen molar-refractivity contribution in [2.24, 2.45) is 0 Å². The summed E-state index contributed by atoms with van der Waals surface area (Å²) in [6, 6.07) is 3.90. The van der Waals surface area contributed by atoms with Gasteiger partial charge in [-0.1, -0.05) is 12.1 Å². The van der Waals surface area contributed by atoms with Gasteiger partial charge in [0.1, 0.15) is 0 Å². The molecule has 0 bridgehead atoms. The Kier molecular flexibility index (Phi) is 3.46. The molecule has 0 aromatic heterocycles. The minimum Gasteiger partial charge on any atom is -0.321 e. The summed E-state index contributed by atoms with van der Waals surface area (Å²) in [4.78, 5) is 10.6. The normalized spacial score (nSPS) is 11.6. The molecule has 0 fully saturated rings. The van der Waals surface area contributed by atoms with E-state index in [0.29, 0.717) is 6.07 Å². The molecule has 0 saturated heterocycles. The highest BCUT2D eigenvalue weighted by molar-refractivity contribution is 5.93. The molecule has 0 saturated carbocycles. The van der Waals surface area contributed by atoms with E-state index in [9.17, 15) is 26.7 Å². The maximum Gasteiger partial charge on any atom is 0.418 e. The highest BCUT2D eigenvalue weighted by Gasteiger charge is 2.34. The molecule has 88 valence electrons. The molecule has 16 heavy (non-hydrogen) atoms. The first-order valence-corrected chi connectivity index (χ1v) is 4.07. The van der Waals surface area contributed by atoms with Gasteiger partial charge < -0.3 is 5.32 Å². The van der Waals surface area contributed by atoms with Crippen molar-refractivity contribution in [1.82, 2.24) is 0 Å². The van der Waals surface area contributed by atoms with Gasteiger partial charge in [-0.3, -0.25) is 4.79 Å². The number of amides is 1. The van der Waals surface area contributed by atoms with Gasteiger partial charge in [0.2, 0.25) is 0 Å². The SMILES string of the molecule is O=C(Nc1ccccc1C(F)(F)F)C(F)F. The fourth-order valence-electron chi connectivity index (χ4n) is 1.03. The van der Waals surface area contributed by atoms with E-state index >= 15 is 0 Å². The zero-order valence-corrected chi connectivity index (χ0v) is 7.68. The van der Waals surface area contributed by atoms with Gasteiger partial charge >= 0.3 is 12.6 Å². The Morgan fingerprint density at radius 2 is 1.75 bits per heavy atom. The number of para-hydroxylation sites is 1. The number of hydrogen-bond acceptors (Lipinski definition) is 1. The average Bonchev–Trinajstić information content (AvgIpc) is 2.16. The summed E-state index contributed by atoms with van der Waals surface area (Å²) < 4.78 is 60.8. The Bertz CT molecular complexity index is 388. The number of anilines is 1. The minimum absolute atomic E-state index is 0.680. The fraction of sp³-hybridized carbons (Fsp3) is 0.222. The standard InChI is InChI=1S/C9H6F5NO/c10-7(11)8(16)15-6-4-2-1-3-5(6)9(12,13)14/h1-4,7H,(H,15,16). The van der Waals surface area contributed by atoms with Crippen LogP contribution < -0.4 is 5.32 Å². The number of halogens is 5. The van der Waals surface area contributed by atoms with Crippen molar-refractivity contribution in [1.29, 1.82) is 0 Å². The van der Waals surface area contributed by atoms with Crippen LogP contribution in [-0.4, -0.2) is 12.3 Å². The van der Waals surface area contributed by atoms with E-state index in [2.05, 4.69) is 0 Å².